The summed E-state index contributed by atoms with van der Waals surface area (Å²) < 4.78 is 23.9. The van der Waals surface area contributed by atoms with Gasteiger partial charge in [-0.25, -0.2) is 0 Å². The smallest absolute Gasteiger partial charge is 0.161 e. The second kappa shape index (κ2) is 27.8. The summed E-state index contributed by atoms with van der Waals surface area (Å²) in [7, 11) is 0. The second-order valence-electron chi connectivity index (χ2n) is 17.3. The van der Waals surface area contributed by atoms with Gasteiger partial charge in [-0.2, -0.15) is 0 Å². The van der Waals surface area contributed by atoms with Crippen LogP contribution in [0, 0.1) is 0 Å². The molecule has 0 aliphatic carbocycles. The molecule has 0 aromatic heterocycles. The summed E-state index contributed by atoms with van der Waals surface area (Å²) in [5.41, 5.74) is 14.9. The molecule has 0 N–H and O–H groups in total. The lowest BCUT2D eigenvalue weighted by molar-refractivity contribution is 0.289. The van der Waals surface area contributed by atoms with Crippen LogP contribution in [0.15, 0.2) is 194 Å². The van der Waals surface area contributed by atoms with Crippen molar-refractivity contribution in [3.63, 3.8) is 0 Å². The Morgan fingerprint density at radius 2 is 0.541 bits per heavy atom. The molecule has 8 aromatic carbocycles. The lowest BCUT2D eigenvalue weighted by Gasteiger charge is -2.31. The molecule has 0 amide bonds. The molecule has 4 heterocycles. The summed E-state index contributed by atoms with van der Waals surface area (Å²) in [6.07, 6.45) is 1.80. The molecular weight excluding hydrogens is 913 g/mol. The number of para-hydroxylation sites is 4. The van der Waals surface area contributed by atoms with Gasteiger partial charge in [-0.1, -0.05) is 165 Å². The Bertz CT molecular complexity index is 2710. The number of rotatable bonds is 8. The van der Waals surface area contributed by atoms with Gasteiger partial charge in [-0.15, -0.1) is 0 Å². The molecular formula is C66H76N4O4. The minimum absolute atomic E-state index is 0.582. The van der Waals surface area contributed by atoms with E-state index >= 15 is 0 Å². The molecule has 4 aliphatic rings. The van der Waals surface area contributed by atoms with E-state index in [0.29, 0.717) is 26.9 Å². The third-order valence-electron chi connectivity index (χ3n) is 12.8. The number of fused-ring (bicyclic) bond motifs is 4. The van der Waals surface area contributed by atoms with Crippen LogP contribution in [0.2, 0.25) is 0 Å². The number of hydrogen-bond acceptors (Lipinski definition) is 8. The van der Waals surface area contributed by atoms with Crippen LogP contribution in [0.3, 0.4) is 0 Å². The zero-order valence-electron chi connectivity index (χ0n) is 45.0. The summed E-state index contributed by atoms with van der Waals surface area (Å²) >= 11 is 0. The van der Waals surface area contributed by atoms with Gasteiger partial charge in [0.1, 0.15) is 23.0 Å². The Morgan fingerprint density at radius 1 is 0.270 bits per heavy atom. The van der Waals surface area contributed by atoms with Crippen molar-refractivity contribution >= 4 is 22.7 Å². The Balaban J connectivity index is 0.000000191. The van der Waals surface area contributed by atoms with E-state index in [-0.39, 0.29) is 0 Å². The SMILES string of the molecule is CC.CC.CC.CC.c1ccc(N2COc3ccc(Cc4ccc5c(c4)CN(c4ccccc4)CO5)cc3C2)cc1.c1ccc2c(c1)CN(c1ccc(Cc3ccc(N4COc5ccccc5C4)cc3)cc1)CO2. The van der Waals surface area contributed by atoms with Crippen LogP contribution < -0.4 is 38.5 Å². The highest BCUT2D eigenvalue weighted by Crippen LogP contribution is 2.34. The highest BCUT2D eigenvalue weighted by Gasteiger charge is 2.22. The fourth-order valence-electron chi connectivity index (χ4n) is 9.22. The zero-order chi connectivity index (χ0) is 52.1. The van der Waals surface area contributed by atoms with E-state index in [1.807, 2.05) is 91.8 Å². The van der Waals surface area contributed by atoms with Crippen LogP contribution in [0.25, 0.3) is 0 Å². The van der Waals surface area contributed by atoms with E-state index in [1.54, 1.807) is 0 Å². The van der Waals surface area contributed by atoms with Gasteiger partial charge in [0.25, 0.3) is 0 Å². The van der Waals surface area contributed by atoms with Gasteiger partial charge in [0.05, 0.1) is 0 Å². The highest BCUT2D eigenvalue weighted by molar-refractivity contribution is 5.55. The van der Waals surface area contributed by atoms with Crippen LogP contribution in [0.1, 0.15) is 99.9 Å². The van der Waals surface area contributed by atoms with Gasteiger partial charge in [0.2, 0.25) is 0 Å². The molecule has 4 aliphatic heterocycles. The van der Waals surface area contributed by atoms with Crippen LogP contribution in [-0.2, 0) is 39.0 Å². The summed E-state index contributed by atoms with van der Waals surface area (Å²) in [5.74, 6) is 3.97. The molecule has 74 heavy (non-hydrogen) atoms. The molecule has 0 radical (unpaired) electrons. The van der Waals surface area contributed by atoms with Crippen molar-refractivity contribution in [3.8, 4) is 23.0 Å². The third-order valence-corrected chi connectivity index (χ3v) is 12.8. The van der Waals surface area contributed by atoms with Gasteiger partial charge < -0.3 is 38.5 Å². The Morgan fingerprint density at radius 3 is 0.905 bits per heavy atom. The monoisotopic (exact) mass is 989 g/mol. The van der Waals surface area contributed by atoms with E-state index in [0.717, 1.165) is 62.0 Å². The molecule has 384 valence electrons. The first-order chi connectivity index (χ1) is 36.6. The normalized spacial score (nSPS) is 13.4. The van der Waals surface area contributed by atoms with E-state index in [1.165, 1.54) is 67.3 Å². The Hall–Kier alpha value is -7.84. The van der Waals surface area contributed by atoms with Gasteiger partial charge in [0, 0.05) is 71.2 Å². The third kappa shape index (κ3) is 13.8. The molecule has 0 saturated carbocycles. The second-order valence-corrected chi connectivity index (χ2v) is 17.3. The van der Waals surface area contributed by atoms with E-state index in [9.17, 15) is 0 Å². The maximum Gasteiger partial charge on any atom is 0.161 e. The van der Waals surface area contributed by atoms with Gasteiger partial charge in [0.15, 0.2) is 26.9 Å². The average Bonchev–Trinajstić information content (AvgIpc) is 3.49. The van der Waals surface area contributed by atoms with Crippen molar-refractivity contribution in [3.05, 3.63) is 239 Å². The molecule has 0 bridgehead atoms. The van der Waals surface area contributed by atoms with Gasteiger partial charge in [-0.05, 0) is 120 Å². The predicted octanol–water partition coefficient (Wildman–Crippen LogP) is 16.1. The van der Waals surface area contributed by atoms with E-state index < -0.39 is 0 Å². The average molecular weight is 989 g/mol. The fraction of sp³-hybridized carbons (Fsp3) is 0.273. The largest absolute Gasteiger partial charge is 0.473 e. The van der Waals surface area contributed by atoms with Gasteiger partial charge >= 0.3 is 0 Å². The predicted molar refractivity (Wildman–Crippen MR) is 309 cm³/mol. The molecule has 0 unspecified atom stereocenters. The molecule has 0 fully saturated rings. The summed E-state index contributed by atoms with van der Waals surface area (Å²) in [6.45, 7) is 21.8. The highest BCUT2D eigenvalue weighted by atomic mass is 16.5. The Labute approximate surface area is 442 Å². The number of ether oxygens (including phenoxy) is 4. The maximum atomic E-state index is 6.03. The summed E-state index contributed by atoms with van der Waals surface area (Å²) in [6, 6.07) is 68.3. The molecule has 12 rings (SSSR count). The van der Waals surface area contributed by atoms with Crippen molar-refractivity contribution in [1.29, 1.82) is 0 Å². The number of hydrogen-bond donors (Lipinski definition) is 0. The van der Waals surface area contributed by atoms with Crippen LogP contribution in [0.5, 0.6) is 23.0 Å². The lowest BCUT2D eigenvalue weighted by atomic mass is 9.99. The topological polar surface area (TPSA) is 49.9 Å². The lowest BCUT2D eigenvalue weighted by Crippen LogP contribution is -2.32. The first-order valence-corrected chi connectivity index (χ1v) is 26.8. The van der Waals surface area contributed by atoms with Gasteiger partial charge in [-0.3, -0.25) is 0 Å². The fourth-order valence-corrected chi connectivity index (χ4v) is 9.22. The molecule has 0 saturated heterocycles. The van der Waals surface area contributed by atoms with Crippen molar-refractivity contribution in [2.45, 2.75) is 94.4 Å². The molecule has 0 atom stereocenters. The zero-order valence-corrected chi connectivity index (χ0v) is 45.0. The molecule has 8 heteroatoms. The minimum Gasteiger partial charge on any atom is -0.473 e. The molecule has 0 spiro atoms. The number of benzene rings is 8. The number of nitrogens with zero attached hydrogens (tertiary/aromatic N) is 4. The molecule has 8 nitrogen and oxygen atoms in total. The first-order valence-electron chi connectivity index (χ1n) is 26.8. The van der Waals surface area contributed by atoms with Crippen molar-refractivity contribution in [2.75, 3.05) is 46.5 Å². The standard InChI is InChI=1S/2C29H26N2O2.4C2H6/c1-3-7-28-24(5-1)18-30(20-32-28)26-13-9-22(10-14-26)17-23-11-15-27(16-12-23)31-19-25-6-2-4-8-29(25)33-21-31;1-3-7-26(8-4-1)30-18-24-16-22(11-13-28(24)32-20-30)15-23-12-14-29-25(17-23)19-31(21-33-29)27-9-5-2-6-10-27;4*1-2/h1-16H,17-21H2;1-14,16-17H,15,18-21H2;4*1-2H3. The van der Waals surface area contributed by atoms with Crippen LogP contribution in [0.4, 0.5) is 22.7 Å². The Kier molecular flexibility index (Phi) is 20.3. The van der Waals surface area contributed by atoms with Crippen molar-refractivity contribution in [2.24, 2.45) is 0 Å². The summed E-state index contributed by atoms with van der Waals surface area (Å²) in [4.78, 5) is 9.06. The van der Waals surface area contributed by atoms with Crippen LogP contribution >= 0.6 is 0 Å². The minimum atomic E-state index is 0.582. The first kappa shape index (κ1) is 53.9. The van der Waals surface area contributed by atoms with E-state index in [2.05, 4.69) is 177 Å². The maximum absolute atomic E-state index is 6.03. The number of anilines is 4. The quantitative estimate of drug-likeness (QED) is 0.149. The van der Waals surface area contributed by atoms with Crippen molar-refractivity contribution < 1.29 is 18.9 Å². The van der Waals surface area contributed by atoms with Crippen LogP contribution in [-0.4, -0.2) is 26.9 Å². The van der Waals surface area contributed by atoms with E-state index in [4.69, 9.17) is 18.9 Å². The van der Waals surface area contributed by atoms with Crippen molar-refractivity contribution in [1.82, 2.24) is 0 Å². The summed E-state index contributed by atoms with van der Waals surface area (Å²) in [5, 5.41) is 0. The molecule has 8 aromatic rings.